The predicted molar refractivity (Wildman–Crippen MR) is 93.8 cm³/mol. The van der Waals surface area contributed by atoms with E-state index in [9.17, 15) is 14.9 Å². The molecule has 0 unspecified atom stereocenters. The third kappa shape index (κ3) is 4.96. The summed E-state index contributed by atoms with van der Waals surface area (Å²) in [7, 11) is 0. The summed E-state index contributed by atoms with van der Waals surface area (Å²) >= 11 is 0. The maximum atomic E-state index is 12.3. The number of nitriles is 1. The molecule has 0 bridgehead atoms. The second-order valence-electron chi connectivity index (χ2n) is 7.30. The molecule has 1 aliphatic heterocycles. The molecule has 1 heterocycles. The monoisotopic (exact) mass is 343 g/mol. The summed E-state index contributed by atoms with van der Waals surface area (Å²) in [4.78, 5) is 25.6. The van der Waals surface area contributed by atoms with Crippen molar-refractivity contribution in [2.45, 2.75) is 44.6 Å². The average molecular weight is 343 g/mol. The number of likely N-dealkylation sites (tertiary alicyclic amines) is 1. The number of piperidine rings is 1. The molecule has 6 nitrogen and oxygen atoms in total. The second kappa shape index (κ2) is 7.56. The molecule has 0 aliphatic carbocycles. The van der Waals surface area contributed by atoms with Gasteiger partial charge in [0.2, 0.25) is 5.91 Å². The lowest BCUT2D eigenvalue weighted by Crippen LogP contribution is -2.48. The molecule has 2 rings (SSSR count). The van der Waals surface area contributed by atoms with Crippen molar-refractivity contribution in [3.63, 3.8) is 0 Å². The zero-order valence-electron chi connectivity index (χ0n) is 15.0. The zero-order chi connectivity index (χ0) is 18.5. The summed E-state index contributed by atoms with van der Waals surface area (Å²) in [6.45, 7) is 6.20. The lowest BCUT2D eigenvalue weighted by atomic mass is 9.74. The van der Waals surface area contributed by atoms with E-state index in [1.54, 1.807) is 25.7 Å². The number of hydrogen-bond acceptors (Lipinski definition) is 4. The molecule has 1 aliphatic rings. The van der Waals surface area contributed by atoms with Crippen molar-refractivity contribution in [2.75, 3.05) is 19.6 Å². The molecule has 1 aromatic rings. The Labute approximate surface area is 148 Å². The molecule has 1 aromatic carbocycles. The van der Waals surface area contributed by atoms with Crippen LogP contribution in [0.3, 0.4) is 0 Å². The van der Waals surface area contributed by atoms with Gasteiger partial charge in [-0.25, -0.2) is 4.79 Å². The second-order valence-corrected chi connectivity index (χ2v) is 7.30. The predicted octanol–water partition coefficient (Wildman–Crippen LogP) is 2.60. The standard InChI is InChI=1S/C19H25N3O3/c1-18(2,3)25-17(24)21-13-16(23)22-11-9-19(14-20,10-12-22)15-7-5-4-6-8-15/h4-8H,9-13H2,1-3H3,(H,21,24). The number of nitrogens with one attached hydrogen (secondary N) is 1. The molecule has 1 fully saturated rings. The van der Waals surface area contributed by atoms with Crippen molar-refractivity contribution in [2.24, 2.45) is 0 Å². The van der Waals surface area contributed by atoms with Gasteiger partial charge in [-0.1, -0.05) is 30.3 Å². The van der Waals surface area contributed by atoms with E-state index in [2.05, 4.69) is 11.4 Å². The number of benzene rings is 1. The SMILES string of the molecule is CC(C)(C)OC(=O)NCC(=O)N1CCC(C#N)(c2ccccc2)CC1. The number of rotatable bonds is 3. The van der Waals surface area contributed by atoms with Crippen LogP contribution in [-0.4, -0.2) is 42.1 Å². The lowest BCUT2D eigenvalue weighted by Gasteiger charge is -2.37. The van der Waals surface area contributed by atoms with Crippen LogP contribution in [0.2, 0.25) is 0 Å². The van der Waals surface area contributed by atoms with Gasteiger partial charge in [-0.2, -0.15) is 5.26 Å². The van der Waals surface area contributed by atoms with Crippen molar-refractivity contribution < 1.29 is 14.3 Å². The first-order valence-electron chi connectivity index (χ1n) is 8.47. The molecule has 0 atom stereocenters. The highest BCUT2D eigenvalue weighted by Gasteiger charge is 2.37. The van der Waals surface area contributed by atoms with Crippen LogP contribution in [-0.2, 0) is 14.9 Å². The molecule has 0 radical (unpaired) electrons. The van der Waals surface area contributed by atoms with Crippen LogP contribution in [0.5, 0.6) is 0 Å². The molecule has 0 aromatic heterocycles. The molecule has 2 amide bonds. The number of nitrogens with zero attached hydrogens (tertiary/aromatic N) is 2. The number of amides is 2. The van der Waals surface area contributed by atoms with Gasteiger partial charge in [-0.05, 0) is 39.2 Å². The molecule has 0 saturated carbocycles. The van der Waals surface area contributed by atoms with Gasteiger partial charge in [-0.3, -0.25) is 4.79 Å². The Kier molecular flexibility index (Phi) is 5.68. The van der Waals surface area contributed by atoms with E-state index >= 15 is 0 Å². The van der Waals surface area contributed by atoms with Crippen molar-refractivity contribution >= 4 is 12.0 Å². The molecule has 134 valence electrons. The fourth-order valence-corrected chi connectivity index (χ4v) is 2.93. The molecule has 6 heteroatoms. The van der Waals surface area contributed by atoms with Crippen LogP contribution in [0.15, 0.2) is 30.3 Å². The first-order valence-corrected chi connectivity index (χ1v) is 8.47. The highest BCUT2D eigenvalue weighted by molar-refractivity contribution is 5.82. The largest absolute Gasteiger partial charge is 0.444 e. The number of carbonyl (C=O) groups excluding carboxylic acids is 2. The Morgan fingerprint density at radius 2 is 1.84 bits per heavy atom. The third-order valence-corrected chi connectivity index (χ3v) is 4.29. The van der Waals surface area contributed by atoms with Gasteiger partial charge in [0.25, 0.3) is 0 Å². The van der Waals surface area contributed by atoms with Gasteiger partial charge < -0.3 is 15.0 Å². The summed E-state index contributed by atoms with van der Waals surface area (Å²) < 4.78 is 5.12. The molecule has 0 spiro atoms. The fourth-order valence-electron chi connectivity index (χ4n) is 2.93. The molecule has 1 saturated heterocycles. The molecular weight excluding hydrogens is 318 g/mol. The van der Waals surface area contributed by atoms with Crippen LogP contribution in [0.25, 0.3) is 0 Å². The van der Waals surface area contributed by atoms with E-state index < -0.39 is 17.1 Å². The zero-order valence-corrected chi connectivity index (χ0v) is 15.0. The fraction of sp³-hybridized carbons (Fsp3) is 0.526. The van der Waals surface area contributed by atoms with E-state index in [4.69, 9.17) is 4.74 Å². The van der Waals surface area contributed by atoms with E-state index in [0.29, 0.717) is 25.9 Å². The highest BCUT2D eigenvalue weighted by Crippen LogP contribution is 2.34. The minimum absolute atomic E-state index is 0.0974. The minimum atomic E-state index is -0.603. The quantitative estimate of drug-likeness (QED) is 0.914. The van der Waals surface area contributed by atoms with Crippen LogP contribution >= 0.6 is 0 Å². The van der Waals surface area contributed by atoms with E-state index in [1.165, 1.54) is 0 Å². The number of carbonyl (C=O) groups is 2. The number of hydrogen-bond donors (Lipinski definition) is 1. The van der Waals surface area contributed by atoms with Crippen LogP contribution in [0, 0.1) is 11.3 Å². The van der Waals surface area contributed by atoms with Crippen LogP contribution in [0.1, 0.15) is 39.2 Å². The first-order chi connectivity index (χ1) is 11.8. The lowest BCUT2D eigenvalue weighted by molar-refractivity contribution is -0.131. The third-order valence-electron chi connectivity index (χ3n) is 4.29. The normalized spacial score (nSPS) is 16.6. The molecule has 25 heavy (non-hydrogen) atoms. The number of alkyl carbamates (subject to hydrolysis) is 1. The summed E-state index contributed by atoms with van der Waals surface area (Å²) in [6.07, 6.45) is 0.575. The maximum absolute atomic E-state index is 12.3. The summed E-state index contributed by atoms with van der Waals surface area (Å²) in [5.74, 6) is -0.162. The Hall–Kier alpha value is -2.55. The summed E-state index contributed by atoms with van der Waals surface area (Å²) in [5.41, 5.74) is -0.145. The van der Waals surface area contributed by atoms with Crippen LogP contribution in [0.4, 0.5) is 4.79 Å². The van der Waals surface area contributed by atoms with Crippen molar-refractivity contribution in [1.82, 2.24) is 10.2 Å². The smallest absolute Gasteiger partial charge is 0.408 e. The Balaban J connectivity index is 1.88. The van der Waals surface area contributed by atoms with E-state index in [0.717, 1.165) is 5.56 Å². The van der Waals surface area contributed by atoms with Gasteiger partial charge >= 0.3 is 6.09 Å². The van der Waals surface area contributed by atoms with Crippen molar-refractivity contribution in [3.8, 4) is 6.07 Å². The van der Waals surface area contributed by atoms with Gasteiger partial charge in [0.15, 0.2) is 0 Å². The molecule has 1 N–H and O–H groups in total. The Morgan fingerprint density at radius 3 is 2.36 bits per heavy atom. The average Bonchev–Trinajstić information content (AvgIpc) is 2.59. The first kappa shape index (κ1) is 18.8. The van der Waals surface area contributed by atoms with Gasteiger partial charge in [0, 0.05) is 13.1 Å². The van der Waals surface area contributed by atoms with E-state index in [-0.39, 0.29) is 12.5 Å². The van der Waals surface area contributed by atoms with Gasteiger partial charge in [0.1, 0.15) is 12.1 Å². The topological polar surface area (TPSA) is 82.4 Å². The van der Waals surface area contributed by atoms with Crippen LogP contribution < -0.4 is 5.32 Å². The minimum Gasteiger partial charge on any atom is -0.444 e. The molecular formula is C19H25N3O3. The van der Waals surface area contributed by atoms with Gasteiger partial charge in [0.05, 0.1) is 11.5 Å². The summed E-state index contributed by atoms with van der Waals surface area (Å²) in [6, 6.07) is 12.1. The summed E-state index contributed by atoms with van der Waals surface area (Å²) in [5, 5.41) is 12.2. The number of ether oxygens (including phenoxy) is 1. The Bertz CT molecular complexity index is 651. The van der Waals surface area contributed by atoms with Gasteiger partial charge in [-0.15, -0.1) is 0 Å². The maximum Gasteiger partial charge on any atom is 0.408 e. The Morgan fingerprint density at radius 1 is 1.24 bits per heavy atom. The van der Waals surface area contributed by atoms with E-state index in [1.807, 2.05) is 30.3 Å². The van der Waals surface area contributed by atoms with Crippen molar-refractivity contribution in [1.29, 1.82) is 5.26 Å². The highest BCUT2D eigenvalue weighted by atomic mass is 16.6. The van der Waals surface area contributed by atoms with Crippen molar-refractivity contribution in [3.05, 3.63) is 35.9 Å².